The molecule has 0 aromatic heterocycles. The Hall–Kier alpha value is -1.35. The highest BCUT2D eigenvalue weighted by Crippen LogP contribution is 2.12. The SMILES string of the molecule is CCCCCCCCCCCC(NCc1ccccc1)C(=O)N(C)C. The van der Waals surface area contributed by atoms with Crippen LogP contribution in [0, 0.1) is 0 Å². The van der Waals surface area contributed by atoms with E-state index < -0.39 is 0 Å². The monoisotopic (exact) mass is 346 g/mol. The molecule has 0 saturated carbocycles. The van der Waals surface area contributed by atoms with Gasteiger partial charge in [0.2, 0.25) is 5.91 Å². The number of likely N-dealkylation sites (N-methyl/N-ethyl adjacent to an activating group) is 1. The van der Waals surface area contributed by atoms with E-state index in [9.17, 15) is 4.79 Å². The molecule has 1 N–H and O–H groups in total. The minimum Gasteiger partial charge on any atom is -0.347 e. The molecule has 25 heavy (non-hydrogen) atoms. The zero-order valence-corrected chi connectivity index (χ0v) is 16.6. The Kier molecular flexibility index (Phi) is 12.0. The Balaban J connectivity index is 2.23. The highest BCUT2D eigenvalue weighted by molar-refractivity contribution is 5.81. The van der Waals surface area contributed by atoms with Crippen LogP contribution in [0.1, 0.15) is 76.7 Å². The lowest BCUT2D eigenvalue weighted by atomic mass is 10.0. The molecule has 1 aromatic rings. The average molecular weight is 347 g/mol. The van der Waals surface area contributed by atoms with Crippen molar-refractivity contribution in [3.8, 4) is 0 Å². The first-order chi connectivity index (χ1) is 12.1. The molecule has 0 aliphatic carbocycles. The van der Waals surface area contributed by atoms with Gasteiger partial charge in [0.15, 0.2) is 0 Å². The van der Waals surface area contributed by atoms with E-state index in [1.54, 1.807) is 4.90 Å². The molecular weight excluding hydrogens is 308 g/mol. The molecule has 1 rings (SSSR count). The van der Waals surface area contributed by atoms with Crippen LogP contribution in [0.25, 0.3) is 0 Å². The van der Waals surface area contributed by atoms with Gasteiger partial charge in [0.25, 0.3) is 0 Å². The van der Waals surface area contributed by atoms with Crippen molar-refractivity contribution in [1.82, 2.24) is 10.2 Å². The number of hydrogen-bond donors (Lipinski definition) is 1. The number of carbonyl (C=O) groups excluding carboxylic acids is 1. The van der Waals surface area contributed by atoms with Crippen molar-refractivity contribution in [2.45, 2.75) is 83.7 Å². The van der Waals surface area contributed by atoms with E-state index in [0.29, 0.717) is 0 Å². The van der Waals surface area contributed by atoms with E-state index in [2.05, 4.69) is 24.4 Å². The lowest BCUT2D eigenvalue weighted by Gasteiger charge is -2.22. The quantitative estimate of drug-likeness (QED) is 0.472. The van der Waals surface area contributed by atoms with Crippen molar-refractivity contribution in [3.05, 3.63) is 35.9 Å². The van der Waals surface area contributed by atoms with E-state index in [4.69, 9.17) is 0 Å². The number of amides is 1. The minimum absolute atomic E-state index is 0.0697. The van der Waals surface area contributed by atoms with Gasteiger partial charge >= 0.3 is 0 Å². The van der Waals surface area contributed by atoms with Crippen molar-refractivity contribution < 1.29 is 4.79 Å². The zero-order chi connectivity index (χ0) is 18.3. The van der Waals surface area contributed by atoms with Gasteiger partial charge in [0.05, 0.1) is 6.04 Å². The molecule has 3 heteroatoms. The van der Waals surface area contributed by atoms with E-state index >= 15 is 0 Å². The molecule has 3 nitrogen and oxygen atoms in total. The standard InChI is InChI=1S/C22H38N2O/c1-4-5-6-7-8-9-10-11-15-18-21(22(25)24(2)3)23-19-20-16-13-12-14-17-20/h12-14,16-17,21,23H,4-11,15,18-19H2,1-3H3. The summed E-state index contributed by atoms with van der Waals surface area (Å²) in [6, 6.07) is 10.2. The molecule has 0 aliphatic heterocycles. The number of nitrogens with one attached hydrogen (secondary N) is 1. The number of benzene rings is 1. The van der Waals surface area contributed by atoms with Crippen LogP contribution in [-0.4, -0.2) is 30.9 Å². The summed E-state index contributed by atoms with van der Waals surface area (Å²) < 4.78 is 0. The Morgan fingerprint density at radius 3 is 2.04 bits per heavy atom. The Bertz CT molecular complexity index is 445. The second-order valence-electron chi connectivity index (χ2n) is 7.27. The molecule has 1 amide bonds. The molecule has 0 spiro atoms. The fourth-order valence-corrected chi connectivity index (χ4v) is 3.12. The van der Waals surface area contributed by atoms with Gasteiger partial charge in [-0.2, -0.15) is 0 Å². The smallest absolute Gasteiger partial charge is 0.239 e. The maximum Gasteiger partial charge on any atom is 0.239 e. The molecule has 142 valence electrons. The van der Waals surface area contributed by atoms with Crippen LogP contribution in [0.2, 0.25) is 0 Å². The molecule has 0 bridgehead atoms. The van der Waals surface area contributed by atoms with Crippen LogP contribution in [0.15, 0.2) is 30.3 Å². The lowest BCUT2D eigenvalue weighted by molar-refractivity contribution is -0.131. The maximum atomic E-state index is 12.4. The first-order valence-corrected chi connectivity index (χ1v) is 10.1. The first-order valence-electron chi connectivity index (χ1n) is 10.1. The van der Waals surface area contributed by atoms with E-state index in [0.717, 1.165) is 19.4 Å². The van der Waals surface area contributed by atoms with Gasteiger partial charge in [-0.25, -0.2) is 0 Å². The third-order valence-electron chi connectivity index (χ3n) is 4.73. The Morgan fingerprint density at radius 1 is 0.920 bits per heavy atom. The Labute approximate surface area is 155 Å². The predicted octanol–water partition coefficient (Wildman–Crippen LogP) is 5.15. The van der Waals surface area contributed by atoms with Gasteiger partial charge in [-0.1, -0.05) is 95.0 Å². The van der Waals surface area contributed by atoms with Crippen molar-refractivity contribution >= 4 is 5.91 Å². The van der Waals surface area contributed by atoms with Gasteiger partial charge < -0.3 is 10.2 Å². The van der Waals surface area contributed by atoms with Crippen LogP contribution in [0.3, 0.4) is 0 Å². The number of unbranched alkanes of at least 4 members (excludes halogenated alkanes) is 8. The van der Waals surface area contributed by atoms with Crippen molar-refractivity contribution in [1.29, 1.82) is 0 Å². The van der Waals surface area contributed by atoms with Crippen LogP contribution in [0.5, 0.6) is 0 Å². The van der Waals surface area contributed by atoms with Crippen LogP contribution in [-0.2, 0) is 11.3 Å². The summed E-state index contributed by atoms with van der Waals surface area (Å²) in [4.78, 5) is 14.1. The third-order valence-corrected chi connectivity index (χ3v) is 4.73. The topological polar surface area (TPSA) is 32.3 Å². The summed E-state index contributed by atoms with van der Waals surface area (Å²) in [5.74, 6) is 0.190. The lowest BCUT2D eigenvalue weighted by Crippen LogP contribution is -2.43. The fourth-order valence-electron chi connectivity index (χ4n) is 3.12. The zero-order valence-electron chi connectivity index (χ0n) is 16.6. The summed E-state index contributed by atoms with van der Waals surface area (Å²) in [6.07, 6.45) is 12.8. The van der Waals surface area contributed by atoms with Crippen molar-refractivity contribution in [2.75, 3.05) is 14.1 Å². The fraction of sp³-hybridized carbons (Fsp3) is 0.682. The Morgan fingerprint density at radius 2 is 1.48 bits per heavy atom. The molecule has 0 fully saturated rings. The van der Waals surface area contributed by atoms with Crippen LogP contribution >= 0.6 is 0 Å². The highest BCUT2D eigenvalue weighted by atomic mass is 16.2. The molecule has 0 radical (unpaired) electrons. The molecule has 0 aliphatic rings. The highest BCUT2D eigenvalue weighted by Gasteiger charge is 2.19. The number of hydrogen-bond acceptors (Lipinski definition) is 2. The third kappa shape index (κ3) is 10.3. The summed E-state index contributed by atoms with van der Waals surface area (Å²) in [5.41, 5.74) is 1.23. The molecule has 1 unspecified atom stereocenters. The van der Waals surface area contributed by atoms with E-state index in [-0.39, 0.29) is 11.9 Å². The normalized spacial score (nSPS) is 12.1. The van der Waals surface area contributed by atoms with Crippen molar-refractivity contribution in [2.24, 2.45) is 0 Å². The summed E-state index contributed by atoms with van der Waals surface area (Å²) in [6.45, 7) is 3.01. The van der Waals surface area contributed by atoms with Gasteiger partial charge in [0.1, 0.15) is 0 Å². The van der Waals surface area contributed by atoms with Gasteiger partial charge in [0, 0.05) is 20.6 Å². The molecule has 1 atom stereocenters. The van der Waals surface area contributed by atoms with Crippen LogP contribution < -0.4 is 5.32 Å². The van der Waals surface area contributed by atoms with Gasteiger partial charge in [-0.3, -0.25) is 4.79 Å². The number of carbonyl (C=O) groups is 1. The molecule has 0 saturated heterocycles. The van der Waals surface area contributed by atoms with E-state index in [1.807, 2.05) is 32.3 Å². The molecule has 1 aromatic carbocycles. The second-order valence-corrected chi connectivity index (χ2v) is 7.27. The second kappa shape index (κ2) is 13.9. The molecule has 0 heterocycles. The predicted molar refractivity (Wildman–Crippen MR) is 108 cm³/mol. The number of nitrogens with zero attached hydrogens (tertiary/aromatic N) is 1. The average Bonchev–Trinajstić information content (AvgIpc) is 2.63. The summed E-state index contributed by atoms with van der Waals surface area (Å²) in [7, 11) is 3.69. The largest absolute Gasteiger partial charge is 0.347 e. The first kappa shape index (κ1) is 21.7. The number of rotatable bonds is 14. The minimum atomic E-state index is -0.0697. The van der Waals surface area contributed by atoms with Gasteiger partial charge in [-0.15, -0.1) is 0 Å². The van der Waals surface area contributed by atoms with Crippen LogP contribution in [0.4, 0.5) is 0 Å². The van der Waals surface area contributed by atoms with E-state index in [1.165, 1.54) is 56.9 Å². The summed E-state index contributed by atoms with van der Waals surface area (Å²) >= 11 is 0. The van der Waals surface area contributed by atoms with Gasteiger partial charge in [-0.05, 0) is 12.0 Å². The maximum absolute atomic E-state index is 12.4. The van der Waals surface area contributed by atoms with Crippen molar-refractivity contribution in [3.63, 3.8) is 0 Å². The molecular formula is C22H38N2O. The summed E-state index contributed by atoms with van der Waals surface area (Å²) in [5, 5.41) is 3.45.